The van der Waals surface area contributed by atoms with Crippen molar-refractivity contribution in [2.24, 2.45) is 7.05 Å². The second kappa shape index (κ2) is 11.4. The lowest BCUT2D eigenvalue weighted by atomic mass is 10.1. The van der Waals surface area contributed by atoms with Gasteiger partial charge in [0.05, 0.1) is 30.8 Å². The molecule has 12 nitrogen and oxygen atoms in total. The van der Waals surface area contributed by atoms with Crippen LogP contribution in [-0.4, -0.2) is 44.1 Å². The van der Waals surface area contributed by atoms with Gasteiger partial charge in [-0.1, -0.05) is 0 Å². The first-order valence-electron chi connectivity index (χ1n) is 11.6. The van der Waals surface area contributed by atoms with Crippen LogP contribution in [0.2, 0.25) is 0 Å². The van der Waals surface area contributed by atoms with E-state index in [1.54, 1.807) is 6.07 Å². The van der Waals surface area contributed by atoms with Crippen molar-refractivity contribution >= 4 is 55.9 Å². The fourth-order valence-electron chi connectivity index (χ4n) is 3.69. The quantitative estimate of drug-likeness (QED) is 0.240. The van der Waals surface area contributed by atoms with Gasteiger partial charge in [0.2, 0.25) is 0 Å². The molecule has 0 unspecified atom stereocenters. The largest absolute Gasteiger partial charge is 0.491 e. The zero-order valence-electron chi connectivity index (χ0n) is 21.4. The van der Waals surface area contributed by atoms with Gasteiger partial charge in [-0.25, -0.2) is 9.11 Å². The molecule has 4 rings (SSSR count). The number of methoxy groups -OCH3 is 1. The summed E-state index contributed by atoms with van der Waals surface area (Å²) in [6.45, 7) is 1.48. The van der Waals surface area contributed by atoms with Crippen molar-refractivity contribution in [2.75, 3.05) is 24.2 Å². The predicted molar refractivity (Wildman–Crippen MR) is 152 cm³/mol. The Kier molecular flexibility index (Phi) is 8.31. The average Bonchev–Trinajstić information content (AvgIpc) is 3.70. The van der Waals surface area contributed by atoms with E-state index in [-0.39, 0.29) is 51.6 Å². The van der Waals surface area contributed by atoms with Crippen LogP contribution in [-0.2, 0) is 17.3 Å². The Labute approximate surface area is 237 Å². The molecule has 1 aromatic carbocycles. The average molecular weight is 672 g/mol. The Hall–Kier alpha value is -3.44. The minimum Gasteiger partial charge on any atom is -0.491 e. The molecule has 1 fully saturated rings. The molecule has 4 N–H and O–H groups in total. The number of benzene rings is 1. The van der Waals surface area contributed by atoms with Gasteiger partial charge in [0, 0.05) is 23.7 Å². The minimum absolute atomic E-state index is 0.00201. The lowest BCUT2D eigenvalue weighted by Gasteiger charge is -2.22. The van der Waals surface area contributed by atoms with Gasteiger partial charge in [-0.05, 0) is 60.6 Å². The Morgan fingerprint density at radius 1 is 1.21 bits per heavy atom. The fourth-order valence-corrected chi connectivity index (χ4v) is 4.68. The van der Waals surface area contributed by atoms with E-state index in [1.807, 2.05) is 22.6 Å². The molecule has 0 atom stereocenters. The molecule has 1 aliphatic carbocycles. The zero-order valence-corrected chi connectivity index (χ0v) is 24.4. The molecule has 0 radical (unpaired) electrons. The number of carbonyl (C=O) groups is 1. The number of hydrogen-bond donors (Lipinski definition) is 4. The van der Waals surface area contributed by atoms with Gasteiger partial charge in [0.15, 0.2) is 17.2 Å². The first-order valence-corrected chi connectivity index (χ1v) is 14.2. The van der Waals surface area contributed by atoms with Crippen LogP contribution in [0.25, 0.3) is 0 Å². The molecule has 39 heavy (non-hydrogen) atoms. The highest BCUT2D eigenvalue weighted by atomic mass is 127. The molecule has 1 aliphatic rings. The number of aromatic nitrogens is 2. The van der Waals surface area contributed by atoms with Gasteiger partial charge in [-0.2, -0.15) is 8.42 Å². The molecule has 1 amide bonds. The molecular weight excluding hydrogens is 646 g/mol. The molecule has 0 bridgehead atoms. The molecule has 15 heteroatoms. The number of nitrogens with zero attached hydrogens (tertiary/aromatic N) is 2. The van der Waals surface area contributed by atoms with Crippen LogP contribution in [0, 0.1) is 16.3 Å². The number of halogens is 2. The smallest absolute Gasteiger partial charge is 0.299 e. The summed E-state index contributed by atoms with van der Waals surface area (Å²) in [7, 11) is 0.0414. The summed E-state index contributed by atoms with van der Waals surface area (Å²) in [6.07, 6.45) is 4.06. The fraction of sp³-hybridized carbons (Fsp3) is 0.292. The van der Waals surface area contributed by atoms with Gasteiger partial charge < -0.3 is 20.1 Å². The highest BCUT2D eigenvalue weighted by Crippen LogP contribution is 2.41. The summed E-state index contributed by atoms with van der Waals surface area (Å²) in [5.41, 5.74) is -0.490. The zero-order chi connectivity index (χ0) is 28.5. The third-order valence-electron chi connectivity index (χ3n) is 5.88. The monoisotopic (exact) mass is 672 g/mol. The summed E-state index contributed by atoms with van der Waals surface area (Å²) in [5, 5.41) is 5.76. The number of nitrogens with one attached hydrogen (secondary N) is 4. The Balaban J connectivity index is 1.89. The summed E-state index contributed by atoms with van der Waals surface area (Å²) in [5.74, 6) is -1.37. The number of hydrogen-bond acceptors (Lipinski definition) is 8. The van der Waals surface area contributed by atoms with E-state index in [1.165, 1.54) is 57.2 Å². The highest BCUT2D eigenvalue weighted by molar-refractivity contribution is 14.1. The lowest BCUT2D eigenvalue weighted by Crippen LogP contribution is -2.31. The third kappa shape index (κ3) is 6.25. The van der Waals surface area contributed by atoms with Crippen LogP contribution in [0.3, 0.4) is 0 Å². The molecule has 3 aromatic rings. The van der Waals surface area contributed by atoms with Gasteiger partial charge in [-0.3, -0.25) is 23.9 Å². The highest BCUT2D eigenvalue weighted by Gasteiger charge is 2.31. The van der Waals surface area contributed by atoms with Crippen molar-refractivity contribution in [2.45, 2.75) is 25.8 Å². The normalized spacial score (nSPS) is 13.1. The molecule has 208 valence electrons. The number of amides is 1. The number of anilines is 3. The van der Waals surface area contributed by atoms with Crippen LogP contribution < -0.4 is 35.1 Å². The van der Waals surface area contributed by atoms with E-state index in [0.717, 1.165) is 12.8 Å². The van der Waals surface area contributed by atoms with E-state index in [0.29, 0.717) is 3.57 Å². The van der Waals surface area contributed by atoms with Crippen molar-refractivity contribution in [3.63, 3.8) is 0 Å². The van der Waals surface area contributed by atoms with E-state index in [4.69, 9.17) is 9.47 Å². The van der Waals surface area contributed by atoms with Crippen LogP contribution in [0.15, 0.2) is 35.4 Å². The second-order valence-corrected chi connectivity index (χ2v) is 11.5. The van der Waals surface area contributed by atoms with E-state index in [9.17, 15) is 22.4 Å². The van der Waals surface area contributed by atoms with Crippen molar-refractivity contribution in [3.8, 4) is 17.2 Å². The van der Waals surface area contributed by atoms with E-state index < -0.39 is 27.5 Å². The lowest BCUT2D eigenvalue weighted by molar-refractivity contribution is 0.0948. The Morgan fingerprint density at radius 2 is 1.92 bits per heavy atom. The van der Waals surface area contributed by atoms with E-state index in [2.05, 4.69) is 25.1 Å². The molecule has 2 heterocycles. The maximum atomic E-state index is 14.8. The Morgan fingerprint density at radius 3 is 2.54 bits per heavy atom. The van der Waals surface area contributed by atoms with E-state index >= 15 is 0 Å². The molecule has 2 aromatic heterocycles. The van der Waals surface area contributed by atoms with Crippen molar-refractivity contribution in [1.82, 2.24) is 19.6 Å². The first-order chi connectivity index (χ1) is 18.5. The SMILES string of the molecule is CNS(=O)(=O)Nc1cncc(Oc2c(C(=O)NC3CC3)c(Nc3ccc(I)cc3F)n(C)c(=O)c2C)c1OC. The summed E-state index contributed by atoms with van der Waals surface area (Å²) < 4.78 is 56.7. The summed E-state index contributed by atoms with van der Waals surface area (Å²) in [4.78, 5) is 30.8. The van der Waals surface area contributed by atoms with Crippen LogP contribution in [0.5, 0.6) is 17.2 Å². The minimum atomic E-state index is -3.93. The van der Waals surface area contributed by atoms with Gasteiger partial charge in [0.25, 0.3) is 21.7 Å². The number of ether oxygens (including phenoxy) is 2. The predicted octanol–water partition coefficient (Wildman–Crippen LogP) is 3.15. The number of pyridine rings is 2. The van der Waals surface area contributed by atoms with Crippen molar-refractivity contribution in [1.29, 1.82) is 0 Å². The third-order valence-corrected chi connectivity index (χ3v) is 7.58. The van der Waals surface area contributed by atoms with Crippen LogP contribution >= 0.6 is 22.6 Å². The topological polar surface area (TPSA) is 153 Å². The van der Waals surface area contributed by atoms with Gasteiger partial charge >= 0.3 is 0 Å². The molecule has 0 spiro atoms. The van der Waals surface area contributed by atoms with Gasteiger partial charge in [-0.15, -0.1) is 0 Å². The Bertz CT molecular complexity index is 1610. The van der Waals surface area contributed by atoms with Crippen molar-refractivity contribution < 1.29 is 27.1 Å². The molecule has 0 aliphatic heterocycles. The summed E-state index contributed by atoms with van der Waals surface area (Å²) >= 11 is 1.97. The van der Waals surface area contributed by atoms with Gasteiger partial charge in [0.1, 0.15) is 22.9 Å². The summed E-state index contributed by atoms with van der Waals surface area (Å²) in [6, 6.07) is 4.44. The standard InChI is InChI=1S/C24H26FIN6O6S/c1-12-20(38-18-11-28-10-17(21(18)37-4)31-39(35,36)27-2)19(23(33)29-14-6-7-14)22(32(3)24(12)34)30-16-8-5-13(26)9-15(16)25/h5,8-11,14,27,30-31H,6-7H2,1-4H3,(H,29,33). The van der Waals surface area contributed by atoms with Crippen molar-refractivity contribution in [3.05, 3.63) is 61.5 Å². The number of rotatable bonds is 10. The molecule has 0 saturated heterocycles. The second-order valence-electron chi connectivity index (χ2n) is 8.67. The van der Waals surface area contributed by atoms with Crippen LogP contribution in [0.1, 0.15) is 28.8 Å². The first kappa shape index (κ1) is 28.6. The van der Waals surface area contributed by atoms with Crippen LogP contribution in [0.4, 0.5) is 21.6 Å². The number of carbonyl (C=O) groups excluding carboxylic acids is 1. The molecule has 1 saturated carbocycles. The maximum absolute atomic E-state index is 14.8. The maximum Gasteiger partial charge on any atom is 0.299 e. The molecular formula is C24H26FIN6O6S.